The molecule has 0 fully saturated rings. The summed E-state index contributed by atoms with van der Waals surface area (Å²) in [4.78, 5) is 12.0. The maximum Gasteiger partial charge on any atom is 0.277 e. The van der Waals surface area contributed by atoms with Crippen molar-refractivity contribution in [1.29, 1.82) is 0 Å². The van der Waals surface area contributed by atoms with Crippen molar-refractivity contribution < 1.29 is 14.3 Å². The van der Waals surface area contributed by atoms with Crippen molar-refractivity contribution in [3.63, 3.8) is 0 Å². The molecule has 5 nitrogen and oxygen atoms in total. The molecule has 0 heterocycles. The van der Waals surface area contributed by atoms with Crippen molar-refractivity contribution in [3.05, 3.63) is 94.0 Å². The van der Waals surface area contributed by atoms with Gasteiger partial charge in [0, 0.05) is 10.0 Å². The Morgan fingerprint density at radius 3 is 2.55 bits per heavy atom. The van der Waals surface area contributed by atoms with Gasteiger partial charge in [-0.1, -0.05) is 64.5 Å². The summed E-state index contributed by atoms with van der Waals surface area (Å²) in [7, 11) is 0. The molecule has 0 spiro atoms. The maximum atomic E-state index is 12.0. The van der Waals surface area contributed by atoms with E-state index in [1.807, 2.05) is 79.7 Å². The molecule has 1 N–H and O–H groups in total. The van der Waals surface area contributed by atoms with E-state index in [-0.39, 0.29) is 12.5 Å². The van der Waals surface area contributed by atoms with Crippen LogP contribution in [-0.2, 0) is 11.4 Å². The SMILES string of the molecule is Cc1ccccc1OCC(=O)N/N=C/c1cc(Br)ccc1OCc1ccccc1. The van der Waals surface area contributed by atoms with Gasteiger partial charge in [-0.05, 0) is 42.3 Å². The van der Waals surface area contributed by atoms with Crippen LogP contribution in [0.3, 0.4) is 0 Å². The van der Waals surface area contributed by atoms with Gasteiger partial charge in [0.15, 0.2) is 6.61 Å². The quantitative estimate of drug-likeness (QED) is 0.391. The highest BCUT2D eigenvalue weighted by atomic mass is 79.9. The third kappa shape index (κ3) is 6.47. The Hall–Kier alpha value is -3.12. The molecule has 0 aliphatic heterocycles. The lowest BCUT2D eigenvalue weighted by Gasteiger charge is -2.10. The Morgan fingerprint density at radius 1 is 1.00 bits per heavy atom. The van der Waals surface area contributed by atoms with Crippen molar-refractivity contribution in [3.8, 4) is 11.5 Å². The number of rotatable bonds is 8. The van der Waals surface area contributed by atoms with Crippen LogP contribution in [0.5, 0.6) is 11.5 Å². The maximum absolute atomic E-state index is 12.0. The minimum absolute atomic E-state index is 0.113. The van der Waals surface area contributed by atoms with Gasteiger partial charge in [-0.3, -0.25) is 4.79 Å². The lowest BCUT2D eigenvalue weighted by atomic mass is 10.2. The lowest BCUT2D eigenvalue weighted by molar-refractivity contribution is -0.123. The van der Waals surface area contributed by atoms with Crippen LogP contribution in [0.25, 0.3) is 0 Å². The molecule has 0 bridgehead atoms. The monoisotopic (exact) mass is 452 g/mol. The van der Waals surface area contributed by atoms with E-state index in [1.54, 1.807) is 6.21 Å². The molecule has 3 aromatic rings. The smallest absolute Gasteiger partial charge is 0.277 e. The van der Waals surface area contributed by atoms with E-state index in [9.17, 15) is 4.79 Å². The van der Waals surface area contributed by atoms with Gasteiger partial charge in [-0.25, -0.2) is 5.43 Å². The van der Waals surface area contributed by atoms with Gasteiger partial charge in [-0.15, -0.1) is 0 Å². The van der Waals surface area contributed by atoms with E-state index in [4.69, 9.17) is 9.47 Å². The van der Waals surface area contributed by atoms with E-state index >= 15 is 0 Å². The Morgan fingerprint density at radius 2 is 1.76 bits per heavy atom. The van der Waals surface area contributed by atoms with E-state index in [0.29, 0.717) is 18.1 Å². The molecule has 3 aromatic carbocycles. The number of hydrazone groups is 1. The Bertz CT molecular complexity index is 990. The van der Waals surface area contributed by atoms with Crippen LogP contribution in [0.4, 0.5) is 0 Å². The van der Waals surface area contributed by atoms with E-state index < -0.39 is 0 Å². The van der Waals surface area contributed by atoms with Crippen molar-refractivity contribution in [2.45, 2.75) is 13.5 Å². The number of carbonyl (C=O) groups excluding carboxylic acids is 1. The molecule has 1 amide bonds. The predicted molar refractivity (Wildman–Crippen MR) is 117 cm³/mol. The predicted octanol–water partition coefficient (Wildman–Crippen LogP) is 4.87. The Labute approximate surface area is 178 Å². The number of hydrogen-bond acceptors (Lipinski definition) is 4. The van der Waals surface area contributed by atoms with Crippen molar-refractivity contribution in [2.75, 3.05) is 6.61 Å². The highest BCUT2D eigenvalue weighted by Gasteiger charge is 2.06. The molecule has 29 heavy (non-hydrogen) atoms. The molecular weight excluding hydrogens is 432 g/mol. The number of benzene rings is 3. The summed E-state index contributed by atoms with van der Waals surface area (Å²) < 4.78 is 12.3. The summed E-state index contributed by atoms with van der Waals surface area (Å²) >= 11 is 3.45. The second kappa shape index (κ2) is 10.4. The molecule has 0 aliphatic carbocycles. The van der Waals surface area contributed by atoms with Gasteiger partial charge < -0.3 is 9.47 Å². The number of para-hydroxylation sites is 1. The van der Waals surface area contributed by atoms with Gasteiger partial charge in [0.2, 0.25) is 0 Å². The second-order valence-electron chi connectivity index (χ2n) is 6.30. The Balaban J connectivity index is 1.57. The third-order valence-corrected chi connectivity index (χ3v) is 4.55. The molecule has 0 atom stereocenters. The summed E-state index contributed by atoms with van der Waals surface area (Å²) in [5.41, 5.74) is 5.26. The fourth-order valence-corrected chi connectivity index (χ4v) is 2.93. The highest BCUT2D eigenvalue weighted by molar-refractivity contribution is 9.10. The zero-order valence-electron chi connectivity index (χ0n) is 16.0. The van der Waals surface area contributed by atoms with Crippen molar-refractivity contribution in [2.24, 2.45) is 5.10 Å². The molecule has 3 rings (SSSR count). The number of carbonyl (C=O) groups is 1. The van der Waals surface area contributed by atoms with Crippen LogP contribution >= 0.6 is 15.9 Å². The van der Waals surface area contributed by atoms with Crippen LogP contribution in [0.15, 0.2) is 82.4 Å². The molecule has 0 saturated heterocycles. The molecular formula is C23H21BrN2O3. The van der Waals surface area contributed by atoms with Gasteiger partial charge >= 0.3 is 0 Å². The summed E-state index contributed by atoms with van der Waals surface area (Å²) in [6.07, 6.45) is 1.55. The normalized spacial score (nSPS) is 10.7. The summed E-state index contributed by atoms with van der Waals surface area (Å²) in [6.45, 7) is 2.26. The largest absolute Gasteiger partial charge is 0.488 e. The lowest BCUT2D eigenvalue weighted by Crippen LogP contribution is -2.24. The molecule has 0 aliphatic rings. The van der Waals surface area contributed by atoms with E-state index in [0.717, 1.165) is 21.2 Å². The fourth-order valence-electron chi connectivity index (χ4n) is 2.55. The van der Waals surface area contributed by atoms with E-state index in [1.165, 1.54) is 0 Å². The standard InChI is InChI=1S/C23H21BrN2O3/c1-17-7-5-6-10-21(17)29-16-23(27)26-25-14-19-13-20(24)11-12-22(19)28-15-18-8-3-2-4-9-18/h2-14H,15-16H2,1H3,(H,26,27)/b25-14+. The number of nitrogens with zero attached hydrogens (tertiary/aromatic N) is 1. The minimum Gasteiger partial charge on any atom is -0.488 e. The number of halogens is 1. The fraction of sp³-hybridized carbons (Fsp3) is 0.130. The third-order valence-electron chi connectivity index (χ3n) is 4.05. The first kappa shape index (κ1) is 20.6. The minimum atomic E-state index is -0.341. The van der Waals surface area contributed by atoms with Crippen molar-refractivity contribution in [1.82, 2.24) is 5.43 Å². The Kier molecular flexibility index (Phi) is 7.41. The van der Waals surface area contributed by atoms with Crippen molar-refractivity contribution >= 4 is 28.1 Å². The first-order valence-electron chi connectivity index (χ1n) is 9.08. The zero-order valence-corrected chi connectivity index (χ0v) is 17.6. The van der Waals surface area contributed by atoms with Gasteiger partial charge in [-0.2, -0.15) is 5.10 Å². The highest BCUT2D eigenvalue weighted by Crippen LogP contribution is 2.23. The molecule has 0 unspecified atom stereocenters. The molecule has 0 saturated carbocycles. The molecule has 148 valence electrons. The number of amides is 1. The van der Waals surface area contributed by atoms with Gasteiger partial charge in [0.05, 0.1) is 6.21 Å². The second-order valence-corrected chi connectivity index (χ2v) is 7.22. The molecule has 0 radical (unpaired) electrons. The van der Waals surface area contributed by atoms with Crippen LogP contribution in [0.1, 0.15) is 16.7 Å². The average molecular weight is 453 g/mol. The topological polar surface area (TPSA) is 59.9 Å². The number of nitrogens with one attached hydrogen (secondary N) is 1. The summed E-state index contributed by atoms with van der Waals surface area (Å²) in [5.74, 6) is 1.01. The summed E-state index contributed by atoms with van der Waals surface area (Å²) in [6, 6.07) is 23.1. The van der Waals surface area contributed by atoms with Crippen LogP contribution in [0.2, 0.25) is 0 Å². The first-order chi connectivity index (χ1) is 14.1. The van der Waals surface area contributed by atoms with Crippen LogP contribution in [0, 0.1) is 6.92 Å². The number of aryl methyl sites for hydroxylation is 1. The first-order valence-corrected chi connectivity index (χ1v) is 9.88. The summed E-state index contributed by atoms with van der Waals surface area (Å²) in [5, 5.41) is 4.03. The van der Waals surface area contributed by atoms with Crippen LogP contribution in [-0.4, -0.2) is 18.7 Å². The number of hydrogen-bond donors (Lipinski definition) is 1. The van der Waals surface area contributed by atoms with Gasteiger partial charge in [0.25, 0.3) is 5.91 Å². The molecule has 6 heteroatoms. The van der Waals surface area contributed by atoms with E-state index in [2.05, 4.69) is 26.5 Å². The van der Waals surface area contributed by atoms with Crippen LogP contribution < -0.4 is 14.9 Å². The molecule has 0 aromatic heterocycles. The number of ether oxygens (including phenoxy) is 2. The zero-order chi connectivity index (χ0) is 20.5. The average Bonchev–Trinajstić information content (AvgIpc) is 2.73. The van der Waals surface area contributed by atoms with Gasteiger partial charge in [0.1, 0.15) is 18.1 Å².